The van der Waals surface area contributed by atoms with Gasteiger partial charge in [-0.3, -0.25) is 0 Å². The molecular formula is C11H13N3O. The van der Waals surface area contributed by atoms with Crippen LogP contribution in [0.2, 0.25) is 0 Å². The predicted molar refractivity (Wildman–Crippen MR) is 56.7 cm³/mol. The highest BCUT2D eigenvalue weighted by atomic mass is 16.1. The molecule has 2 rings (SSSR count). The molecule has 0 aromatic carbocycles. The largest absolute Gasteiger partial charge is 0.300 e. The fourth-order valence-electron chi connectivity index (χ4n) is 1.43. The normalized spacial score (nSPS) is 10.8. The van der Waals surface area contributed by atoms with Crippen molar-refractivity contribution < 1.29 is 4.79 Å². The number of ketones is 1. The molecule has 0 atom stereocenters. The highest BCUT2D eigenvalue weighted by Crippen LogP contribution is 2.05. The van der Waals surface area contributed by atoms with Crippen molar-refractivity contribution in [3.05, 3.63) is 29.7 Å². The van der Waals surface area contributed by atoms with Gasteiger partial charge in [0.2, 0.25) is 0 Å². The molecule has 4 nitrogen and oxygen atoms in total. The first kappa shape index (κ1) is 9.83. The Morgan fingerprint density at radius 2 is 2.27 bits per heavy atom. The molecule has 0 aliphatic heterocycles. The monoisotopic (exact) mass is 203 g/mol. The van der Waals surface area contributed by atoms with Crippen LogP contribution in [0.15, 0.2) is 18.3 Å². The Bertz CT molecular complexity index is 502. The summed E-state index contributed by atoms with van der Waals surface area (Å²) in [6, 6.07) is 3.93. The third kappa shape index (κ3) is 2.21. The number of hydrogen-bond donors (Lipinski definition) is 0. The van der Waals surface area contributed by atoms with E-state index in [1.807, 2.05) is 25.3 Å². The third-order valence-electron chi connectivity index (χ3n) is 2.22. The zero-order valence-corrected chi connectivity index (χ0v) is 8.90. The van der Waals surface area contributed by atoms with Gasteiger partial charge >= 0.3 is 0 Å². The van der Waals surface area contributed by atoms with Gasteiger partial charge in [-0.15, -0.1) is 0 Å². The maximum absolute atomic E-state index is 10.8. The van der Waals surface area contributed by atoms with Gasteiger partial charge < -0.3 is 4.79 Å². The molecule has 0 fully saturated rings. The second-order valence-electron chi connectivity index (χ2n) is 3.74. The lowest BCUT2D eigenvalue weighted by Gasteiger charge is -1.91. The van der Waals surface area contributed by atoms with Gasteiger partial charge in [0, 0.05) is 19.0 Å². The molecular weight excluding hydrogens is 190 g/mol. The molecule has 0 saturated heterocycles. The molecule has 0 spiro atoms. The minimum absolute atomic E-state index is 0.171. The second-order valence-corrected chi connectivity index (χ2v) is 3.74. The summed E-state index contributed by atoms with van der Waals surface area (Å²) in [4.78, 5) is 15.1. The number of hydrogen-bond acceptors (Lipinski definition) is 3. The molecule has 2 heterocycles. The lowest BCUT2D eigenvalue weighted by Crippen LogP contribution is -1.96. The van der Waals surface area contributed by atoms with Crippen LogP contribution in [-0.4, -0.2) is 20.4 Å². The van der Waals surface area contributed by atoms with Gasteiger partial charge in [0.05, 0.1) is 0 Å². The molecule has 0 unspecified atom stereocenters. The number of carbonyl (C=O) groups is 1. The number of rotatable bonds is 3. The van der Waals surface area contributed by atoms with E-state index in [1.165, 1.54) is 0 Å². The Morgan fingerprint density at radius 3 is 3.00 bits per heavy atom. The summed E-state index contributed by atoms with van der Waals surface area (Å²) in [5.74, 6) is 0.904. The van der Waals surface area contributed by atoms with Gasteiger partial charge in [0.15, 0.2) is 11.5 Å². The summed E-state index contributed by atoms with van der Waals surface area (Å²) in [5.41, 5.74) is 1.98. The molecule has 78 valence electrons. The average molecular weight is 203 g/mol. The quantitative estimate of drug-likeness (QED) is 0.760. The van der Waals surface area contributed by atoms with Gasteiger partial charge in [-0.25, -0.2) is 9.50 Å². The van der Waals surface area contributed by atoms with E-state index in [-0.39, 0.29) is 5.78 Å². The number of aromatic nitrogens is 3. The Morgan fingerprint density at radius 1 is 1.47 bits per heavy atom. The SMILES string of the molecule is CC(=O)CCc1nc2ccc(C)cn2n1. The van der Waals surface area contributed by atoms with Crippen molar-refractivity contribution in [3.63, 3.8) is 0 Å². The average Bonchev–Trinajstić information content (AvgIpc) is 2.56. The van der Waals surface area contributed by atoms with E-state index in [2.05, 4.69) is 10.1 Å². The summed E-state index contributed by atoms with van der Waals surface area (Å²) in [6.45, 7) is 3.59. The molecule has 0 saturated carbocycles. The van der Waals surface area contributed by atoms with Crippen molar-refractivity contribution in [2.75, 3.05) is 0 Å². The first-order valence-corrected chi connectivity index (χ1v) is 4.96. The summed E-state index contributed by atoms with van der Waals surface area (Å²) in [5, 5.41) is 4.30. The van der Waals surface area contributed by atoms with E-state index in [0.717, 1.165) is 17.0 Å². The second kappa shape index (κ2) is 3.81. The first-order valence-electron chi connectivity index (χ1n) is 4.96. The molecule has 2 aromatic rings. The fraction of sp³-hybridized carbons (Fsp3) is 0.364. The number of pyridine rings is 1. The number of nitrogens with zero attached hydrogens (tertiary/aromatic N) is 3. The van der Waals surface area contributed by atoms with Crippen molar-refractivity contribution in [1.29, 1.82) is 0 Å². The minimum atomic E-state index is 0.171. The zero-order chi connectivity index (χ0) is 10.8. The van der Waals surface area contributed by atoms with Crippen LogP contribution < -0.4 is 0 Å². The van der Waals surface area contributed by atoms with Crippen molar-refractivity contribution in [2.24, 2.45) is 0 Å². The number of Topliss-reactive ketones (excluding diaryl/α,β-unsaturated/α-hetero) is 1. The van der Waals surface area contributed by atoms with Crippen LogP contribution >= 0.6 is 0 Å². The van der Waals surface area contributed by atoms with E-state index >= 15 is 0 Å². The number of aryl methyl sites for hydroxylation is 2. The van der Waals surface area contributed by atoms with Crippen molar-refractivity contribution >= 4 is 11.4 Å². The Kier molecular flexibility index (Phi) is 2.49. The molecule has 0 amide bonds. The summed E-state index contributed by atoms with van der Waals surface area (Å²) >= 11 is 0. The summed E-state index contributed by atoms with van der Waals surface area (Å²) in [7, 11) is 0. The standard InChI is InChI=1S/C11H13N3O/c1-8-3-6-11-12-10(5-4-9(2)15)13-14(11)7-8/h3,6-7H,4-5H2,1-2H3. The van der Waals surface area contributed by atoms with E-state index in [4.69, 9.17) is 0 Å². The van der Waals surface area contributed by atoms with Gasteiger partial charge in [0.25, 0.3) is 0 Å². The maximum atomic E-state index is 10.8. The van der Waals surface area contributed by atoms with Gasteiger partial charge in [0.1, 0.15) is 5.78 Å². The third-order valence-corrected chi connectivity index (χ3v) is 2.22. The van der Waals surface area contributed by atoms with Crippen molar-refractivity contribution in [3.8, 4) is 0 Å². The molecule has 0 bridgehead atoms. The Hall–Kier alpha value is -1.71. The lowest BCUT2D eigenvalue weighted by atomic mass is 10.2. The highest BCUT2D eigenvalue weighted by molar-refractivity contribution is 5.75. The minimum Gasteiger partial charge on any atom is -0.300 e. The molecule has 4 heteroatoms. The molecule has 0 N–H and O–H groups in total. The first-order chi connectivity index (χ1) is 7.15. The molecule has 2 aromatic heterocycles. The highest BCUT2D eigenvalue weighted by Gasteiger charge is 2.04. The van der Waals surface area contributed by atoms with Gasteiger partial charge in [-0.1, -0.05) is 6.07 Å². The van der Waals surface area contributed by atoms with Crippen molar-refractivity contribution in [1.82, 2.24) is 14.6 Å². The van der Waals surface area contributed by atoms with E-state index in [9.17, 15) is 4.79 Å². The van der Waals surface area contributed by atoms with Crippen LogP contribution in [0, 0.1) is 6.92 Å². The van der Waals surface area contributed by atoms with E-state index in [1.54, 1.807) is 11.4 Å². The number of carbonyl (C=O) groups excluding carboxylic acids is 1. The predicted octanol–water partition coefficient (Wildman–Crippen LogP) is 1.56. The van der Waals surface area contributed by atoms with Crippen LogP contribution in [0.25, 0.3) is 5.65 Å². The molecule has 15 heavy (non-hydrogen) atoms. The van der Waals surface area contributed by atoms with Crippen LogP contribution in [0.3, 0.4) is 0 Å². The molecule has 0 aliphatic carbocycles. The van der Waals surface area contributed by atoms with Crippen LogP contribution in [-0.2, 0) is 11.2 Å². The van der Waals surface area contributed by atoms with E-state index < -0.39 is 0 Å². The van der Waals surface area contributed by atoms with Crippen LogP contribution in [0.4, 0.5) is 0 Å². The fourth-order valence-corrected chi connectivity index (χ4v) is 1.43. The van der Waals surface area contributed by atoms with Gasteiger partial charge in [-0.05, 0) is 25.5 Å². The van der Waals surface area contributed by atoms with Crippen LogP contribution in [0.5, 0.6) is 0 Å². The smallest absolute Gasteiger partial charge is 0.155 e. The van der Waals surface area contributed by atoms with Gasteiger partial charge in [-0.2, -0.15) is 5.10 Å². The number of fused-ring (bicyclic) bond motifs is 1. The Labute approximate surface area is 87.9 Å². The zero-order valence-electron chi connectivity index (χ0n) is 8.90. The molecule has 0 radical (unpaired) electrons. The summed E-state index contributed by atoms with van der Waals surface area (Å²) < 4.78 is 1.75. The van der Waals surface area contributed by atoms with Crippen LogP contribution in [0.1, 0.15) is 24.7 Å². The lowest BCUT2D eigenvalue weighted by molar-refractivity contribution is -0.117. The Balaban J connectivity index is 2.27. The van der Waals surface area contributed by atoms with Crippen molar-refractivity contribution in [2.45, 2.75) is 26.7 Å². The maximum Gasteiger partial charge on any atom is 0.155 e. The van der Waals surface area contributed by atoms with E-state index in [0.29, 0.717) is 12.8 Å². The topological polar surface area (TPSA) is 47.3 Å². The summed E-state index contributed by atoms with van der Waals surface area (Å²) in [6.07, 6.45) is 3.06. The molecule has 0 aliphatic rings.